The summed E-state index contributed by atoms with van der Waals surface area (Å²) in [4.78, 5) is 10.9. The van der Waals surface area contributed by atoms with Crippen molar-refractivity contribution in [2.45, 2.75) is 45.5 Å². The van der Waals surface area contributed by atoms with Gasteiger partial charge in [-0.2, -0.15) is 0 Å². The summed E-state index contributed by atoms with van der Waals surface area (Å²) in [5.74, 6) is -0.386. The Morgan fingerprint density at radius 3 is 2.40 bits per heavy atom. The van der Waals surface area contributed by atoms with Crippen LogP contribution in [0, 0.1) is 0 Å². The minimum atomic E-state index is -2.20. The van der Waals surface area contributed by atoms with Crippen molar-refractivity contribution in [3.8, 4) is 0 Å². The van der Waals surface area contributed by atoms with Gasteiger partial charge in [0.2, 0.25) is 6.43 Å². The van der Waals surface area contributed by atoms with Gasteiger partial charge >= 0.3 is 5.97 Å². The topological polar surface area (TPSA) is 26.3 Å². The Morgan fingerprint density at radius 2 is 1.87 bits per heavy atom. The van der Waals surface area contributed by atoms with Gasteiger partial charge in [-0.05, 0) is 19.8 Å². The minimum absolute atomic E-state index is 0.0362. The van der Waals surface area contributed by atoms with E-state index in [2.05, 4.69) is 6.58 Å². The fourth-order valence-corrected chi connectivity index (χ4v) is 1.04. The Balaban J connectivity index is 3.18. The molecule has 0 radical (unpaired) electrons. The Morgan fingerprint density at radius 1 is 1.27 bits per heavy atom. The molecule has 0 aliphatic carbocycles. The first-order valence-corrected chi connectivity index (χ1v) is 5.15. The van der Waals surface area contributed by atoms with E-state index in [1.165, 1.54) is 0 Å². The first-order valence-electron chi connectivity index (χ1n) is 5.15. The molecule has 0 fully saturated rings. The van der Waals surface area contributed by atoms with Crippen molar-refractivity contribution in [3.05, 3.63) is 12.2 Å². The molecule has 2 nitrogen and oxygen atoms in total. The summed E-state index contributed by atoms with van der Waals surface area (Å²) in [5.41, 5.74) is 0.382. The highest BCUT2D eigenvalue weighted by atomic mass is 19.3. The number of carbonyl (C=O) groups is 1. The van der Waals surface area contributed by atoms with Crippen molar-refractivity contribution in [3.63, 3.8) is 0 Å². The van der Waals surface area contributed by atoms with Crippen LogP contribution in [0.1, 0.15) is 39.0 Å². The molecular weight excluding hydrogens is 202 g/mol. The number of rotatable bonds is 8. The predicted molar refractivity (Wildman–Crippen MR) is 54.9 cm³/mol. The monoisotopic (exact) mass is 220 g/mol. The molecule has 88 valence electrons. The van der Waals surface area contributed by atoms with E-state index in [0.29, 0.717) is 18.6 Å². The van der Waals surface area contributed by atoms with Gasteiger partial charge in [0.1, 0.15) is 0 Å². The van der Waals surface area contributed by atoms with Crippen LogP contribution in [0.4, 0.5) is 8.78 Å². The Hall–Kier alpha value is -0.930. The minimum Gasteiger partial charge on any atom is -0.462 e. The molecule has 0 heterocycles. The molecule has 0 aromatic heterocycles. The Bertz CT molecular complexity index is 203. The van der Waals surface area contributed by atoms with Crippen molar-refractivity contribution in [1.82, 2.24) is 0 Å². The Kier molecular flexibility index (Phi) is 7.86. The van der Waals surface area contributed by atoms with Crippen LogP contribution >= 0.6 is 0 Å². The molecule has 0 aromatic carbocycles. The second-order valence-corrected chi connectivity index (χ2v) is 3.51. The number of halogens is 2. The SMILES string of the molecule is C=C(C)C(=O)OCCCCCCC(F)F. The quantitative estimate of drug-likeness (QED) is 0.356. The predicted octanol–water partition coefficient (Wildman–Crippen LogP) is 3.32. The molecule has 0 saturated carbocycles. The molecule has 0 aromatic rings. The first-order chi connectivity index (χ1) is 7.04. The number of hydrogen-bond acceptors (Lipinski definition) is 2. The summed E-state index contributed by atoms with van der Waals surface area (Å²) in [7, 11) is 0. The van der Waals surface area contributed by atoms with Crippen molar-refractivity contribution in [1.29, 1.82) is 0 Å². The molecule has 0 rings (SSSR count). The van der Waals surface area contributed by atoms with Crippen molar-refractivity contribution < 1.29 is 18.3 Å². The van der Waals surface area contributed by atoms with Crippen molar-refractivity contribution in [2.24, 2.45) is 0 Å². The van der Waals surface area contributed by atoms with Crippen LogP contribution < -0.4 is 0 Å². The van der Waals surface area contributed by atoms with E-state index < -0.39 is 6.43 Å². The second-order valence-electron chi connectivity index (χ2n) is 3.51. The maximum absolute atomic E-state index is 11.7. The van der Waals surface area contributed by atoms with Crippen molar-refractivity contribution >= 4 is 5.97 Å². The van der Waals surface area contributed by atoms with Crippen LogP contribution in [-0.4, -0.2) is 19.0 Å². The highest BCUT2D eigenvalue weighted by molar-refractivity contribution is 5.86. The van der Waals surface area contributed by atoms with Gasteiger partial charge < -0.3 is 4.74 Å². The van der Waals surface area contributed by atoms with Gasteiger partial charge in [0.05, 0.1) is 6.61 Å². The van der Waals surface area contributed by atoms with Crippen LogP contribution in [-0.2, 0) is 9.53 Å². The third-order valence-electron chi connectivity index (χ3n) is 1.90. The maximum atomic E-state index is 11.7. The number of alkyl halides is 2. The van der Waals surface area contributed by atoms with Crippen LogP contribution in [0.15, 0.2) is 12.2 Å². The summed E-state index contributed by atoms with van der Waals surface area (Å²) >= 11 is 0. The summed E-state index contributed by atoms with van der Waals surface area (Å²) in [6, 6.07) is 0. The number of esters is 1. The summed E-state index contributed by atoms with van der Waals surface area (Å²) < 4.78 is 28.3. The zero-order chi connectivity index (χ0) is 11.7. The zero-order valence-corrected chi connectivity index (χ0v) is 9.10. The van der Waals surface area contributed by atoms with E-state index in [9.17, 15) is 13.6 Å². The number of hydrogen-bond donors (Lipinski definition) is 0. The lowest BCUT2D eigenvalue weighted by molar-refractivity contribution is -0.139. The molecule has 0 aliphatic heterocycles. The van der Waals surface area contributed by atoms with E-state index in [4.69, 9.17) is 4.74 Å². The molecule has 0 aliphatic rings. The largest absolute Gasteiger partial charge is 0.462 e. The maximum Gasteiger partial charge on any atom is 0.333 e. The van der Waals surface area contributed by atoms with E-state index in [1.807, 2.05) is 0 Å². The summed E-state index contributed by atoms with van der Waals surface area (Å²) in [6.07, 6.45) is 0.594. The third kappa shape index (κ3) is 9.38. The fraction of sp³-hybridized carbons (Fsp3) is 0.727. The van der Waals surface area contributed by atoms with Gasteiger partial charge in [-0.25, -0.2) is 13.6 Å². The molecule has 0 unspecified atom stereocenters. The molecule has 0 N–H and O–H groups in total. The fourth-order valence-electron chi connectivity index (χ4n) is 1.04. The average molecular weight is 220 g/mol. The number of unbranched alkanes of at least 4 members (excludes halogenated alkanes) is 3. The standard InChI is InChI=1S/C11H18F2O2/c1-9(2)11(14)15-8-6-4-3-5-7-10(12)13/h10H,1,3-8H2,2H3. The van der Waals surface area contributed by atoms with Gasteiger partial charge in [-0.3, -0.25) is 0 Å². The lowest BCUT2D eigenvalue weighted by Gasteiger charge is -2.04. The third-order valence-corrected chi connectivity index (χ3v) is 1.90. The number of ether oxygens (including phenoxy) is 1. The lowest BCUT2D eigenvalue weighted by Crippen LogP contribution is -2.06. The lowest BCUT2D eigenvalue weighted by atomic mass is 10.1. The molecular formula is C11H18F2O2. The van der Waals surface area contributed by atoms with Crippen LogP contribution in [0.2, 0.25) is 0 Å². The van der Waals surface area contributed by atoms with E-state index in [1.54, 1.807) is 6.92 Å². The van der Waals surface area contributed by atoms with Crippen LogP contribution in [0.3, 0.4) is 0 Å². The van der Waals surface area contributed by atoms with E-state index >= 15 is 0 Å². The van der Waals surface area contributed by atoms with E-state index in [-0.39, 0.29) is 12.4 Å². The van der Waals surface area contributed by atoms with Gasteiger partial charge in [0.25, 0.3) is 0 Å². The second kappa shape index (κ2) is 8.38. The average Bonchev–Trinajstić information content (AvgIpc) is 2.15. The molecule has 0 saturated heterocycles. The van der Waals surface area contributed by atoms with Crippen LogP contribution in [0.5, 0.6) is 0 Å². The zero-order valence-electron chi connectivity index (χ0n) is 9.10. The molecule has 15 heavy (non-hydrogen) atoms. The summed E-state index contributed by atoms with van der Waals surface area (Å²) in [5, 5.41) is 0. The smallest absolute Gasteiger partial charge is 0.333 e. The van der Waals surface area contributed by atoms with Gasteiger partial charge in [0, 0.05) is 12.0 Å². The molecule has 0 spiro atoms. The van der Waals surface area contributed by atoms with Gasteiger partial charge in [-0.15, -0.1) is 0 Å². The number of carbonyl (C=O) groups excluding carboxylic acids is 1. The van der Waals surface area contributed by atoms with Crippen LogP contribution in [0.25, 0.3) is 0 Å². The summed E-state index contributed by atoms with van der Waals surface area (Å²) in [6.45, 7) is 5.38. The van der Waals surface area contributed by atoms with Crippen molar-refractivity contribution in [2.75, 3.05) is 6.61 Å². The molecule has 0 atom stereocenters. The Labute approximate surface area is 89.3 Å². The van der Waals surface area contributed by atoms with Gasteiger partial charge in [-0.1, -0.05) is 19.4 Å². The molecule has 4 heteroatoms. The van der Waals surface area contributed by atoms with Gasteiger partial charge in [0.15, 0.2) is 0 Å². The molecule has 0 bridgehead atoms. The highest BCUT2D eigenvalue weighted by Gasteiger charge is 2.03. The normalized spacial score (nSPS) is 10.4. The highest BCUT2D eigenvalue weighted by Crippen LogP contribution is 2.09. The van der Waals surface area contributed by atoms with E-state index in [0.717, 1.165) is 19.3 Å². The molecule has 0 amide bonds. The first kappa shape index (κ1) is 14.1.